The summed E-state index contributed by atoms with van der Waals surface area (Å²) in [7, 11) is 0. The number of nitrogens with two attached hydrogens (primary N) is 1. The van der Waals surface area contributed by atoms with E-state index in [0.717, 1.165) is 23.5 Å². The van der Waals surface area contributed by atoms with Crippen molar-refractivity contribution in [3.8, 4) is 0 Å². The fourth-order valence-corrected chi connectivity index (χ4v) is 3.37. The highest BCUT2D eigenvalue weighted by Gasteiger charge is 2.26. The lowest BCUT2D eigenvalue weighted by atomic mass is 10.1. The Hall–Kier alpha value is -0.740. The molecule has 0 aromatic heterocycles. The van der Waals surface area contributed by atoms with Gasteiger partial charge in [0.2, 0.25) is 0 Å². The van der Waals surface area contributed by atoms with Crippen molar-refractivity contribution in [1.82, 2.24) is 0 Å². The number of thioether (sulfide) groups is 1. The molecule has 0 amide bonds. The molecule has 0 bridgehead atoms. The minimum atomic E-state index is -0.207. The fourth-order valence-electron chi connectivity index (χ4n) is 2.27. The minimum absolute atomic E-state index is 0.207. The van der Waals surface area contributed by atoms with Crippen LogP contribution in [0.1, 0.15) is 19.4 Å². The summed E-state index contributed by atoms with van der Waals surface area (Å²) in [4.78, 5) is 2.35. The van der Waals surface area contributed by atoms with Crippen LogP contribution >= 0.6 is 11.8 Å². The van der Waals surface area contributed by atoms with Crippen molar-refractivity contribution in [3.05, 3.63) is 29.6 Å². The topological polar surface area (TPSA) is 29.3 Å². The van der Waals surface area contributed by atoms with Crippen molar-refractivity contribution in [3.63, 3.8) is 0 Å². The predicted molar refractivity (Wildman–Crippen MR) is 73.0 cm³/mol. The van der Waals surface area contributed by atoms with Crippen molar-refractivity contribution < 1.29 is 4.39 Å². The molecule has 2 atom stereocenters. The van der Waals surface area contributed by atoms with E-state index in [1.54, 1.807) is 6.07 Å². The summed E-state index contributed by atoms with van der Waals surface area (Å²) in [6, 6.07) is 5.39. The number of halogens is 1. The van der Waals surface area contributed by atoms with Gasteiger partial charge in [-0.2, -0.15) is 11.8 Å². The number of rotatable bonds is 2. The van der Waals surface area contributed by atoms with Crippen LogP contribution in [0.3, 0.4) is 0 Å². The molecule has 1 heterocycles. The van der Waals surface area contributed by atoms with Crippen molar-refractivity contribution >= 4 is 17.4 Å². The lowest BCUT2D eigenvalue weighted by Crippen LogP contribution is -2.45. The zero-order valence-corrected chi connectivity index (χ0v) is 11.1. The second-order valence-corrected chi connectivity index (χ2v) is 5.97. The quantitative estimate of drug-likeness (QED) is 0.879. The van der Waals surface area contributed by atoms with Crippen LogP contribution in [0.2, 0.25) is 0 Å². The maximum absolute atomic E-state index is 13.2. The van der Waals surface area contributed by atoms with Crippen LogP contribution in [0.4, 0.5) is 10.1 Å². The first-order valence-electron chi connectivity index (χ1n) is 6.00. The van der Waals surface area contributed by atoms with Gasteiger partial charge in [-0.25, -0.2) is 4.39 Å². The van der Waals surface area contributed by atoms with Crippen LogP contribution in [-0.2, 0) is 6.54 Å². The molecular formula is C13H19FN2S. The summed E-state index contributed by atoms with van der Waals surface area (Å²) in [5.74, 6) is 0.911. The van der Waals surface area contributed by atoms with Gasteiger partial charge in [-0.1, -0.05) is 6.92 Å². The largest absolute Gasteiger partial charge is 0.367 e. The van der Waals surface area contributed by atoms with E-state index in [4.69, 9.17) is 5.73 Å². The molecule has 1 fully saturated rings. The molecule has 2 unspecified atom stereocenters. The van der Waals surface area contributed by atoms with Gasteiger partial charge in [-0.15, -0.1) is 0 Å². The Morgan fingerprint density at radius 3 is 2.94 bits per heavy atom. The average Bonchev–Trinajstić information content (AvgIpc) is 2.33. The summed E-state index contributed by atoms with van der Waals surface area (Å²) >= 11 is 1.99. The van der Waals surface area contributed by atoms with Crippen molar-refractivity contribution in [1.29, 1.82) is 0 Å². The third-order valence-electron chi connectivity index (χ3n) is 3.45. The molecule has 0 spiro atoms. The van der Waals surface area contributed by atoms with Gasteiger partial charge in [0.05, 0.1) is 0 Å². The lowest BCUT2D eigenvalue weighted by molar-refractivity contribution is 0.612. The van der Waals surface area contributed by atoms with Crippen LogP contribution in [0.25, 0.3) is 0 Å². The van der Waals surface area contributed by atoms with E-state index in [9.17, 15) is 4.39 Å². The Labute approximate surface area is 106 Å². The van der Waals surface area contributed by atoms with E-state index in [2.05, 4.69) is 18.7 Å². The maximum atomic E-state index is 13.2. The molecule has 0 aliphatic carbocycles. The van der Waals surface area contributed by atoms with Crippen molar-refractivity contribution in [2.75, 3.05) is 17.2 Å². The molecule has 1 aromatic rings. The van der Waals surface area contributed by atoms with Gasteiger partial charge >= 0.3 is 0 Å². The molecule has 2 nitrogen and oxygen atoms in total. The molecule has 1 aliphatic rings. The van der Waals surface area contributed by atoms with E-state index >= 15 is 0 Å². The highest BCUT2D eigenvalue weighted by molar-refractivity contribution is 8.00. The zero-order valence-electron chi connectivity index (χ0n) is 10.3. The highest BCUT2D eigenvalue weighted by Crippen LogP contribution is 2.31. The Kier molecular flexibility index (Phi) is 3.94. The third-order valence-corrected chi connectivity index (χ3v) is 4.79. The van der Waals surface area contributed by atoms with Gasteiger partial charge in [-0.3, -0.25) is 0 Å². The summed E-state index contributed by atoms with van der Waals surface area (Å²) in [5.41, 5.74) is 7.70. The standard InChI is InChI=1S/C13H19FN2S/c1-9-10(2)17-6-5-16(9)13-4-3-12(14)7-11(13)8-15/h3-4,7,9-10H,5-6,8,15H2,1-2H3. The summed E-state index contributed by atoms with van der Waals surface area (Å²) < 4.78 is 13.2. The average molecular weight is 254 g/mol. The van der Waals surface area contributed by atoms with Gasteiger partial charge in [0.15, 0.2) is 0 Å². The summed E-state index contributed by atoms with van der Waals surface area (Å²) in [5, 5.41) is 0.597. The molecule has 1 saturated heterocycles. The zero-order chi connectivity index (χ0) is 12.4. The third kappa shape index (κ3) is 2.58. The van der Waals surface area contributed by atoms with E-state index in [0.29, 0.717) is 17.8 Å². The Bertz CT molecular complexity index is 397. The number of hydrogen-bond donors (Lipinski definition) is 1. The van der Waals surface area contributed by atoms with Crippen molar-refractivity contribution in [2.45, 2.75) is 31.7 Å². The number of anilines is 1. The monoisotopic (exact) mass is 254 g/mol. The Morgan fingerprint density at radius 2 is 2.24 bits per heavy atom. The number of nitrogens with zero attached hydrogens (tertiary/aromatic N) is 1. The van der Waals surface area contributed by atoms with E-state index in [1.165, 1.54) is 6.07 Å². The molecule has 17 heavy (non-hydrogen) atoms. The Morgan fingerprint density at radius 1 is 1.47 bits per heavy atom. The van der Waals surface area contributed by atoms with Crippen molar-refractivity contribution in [2.24, 2.45) is 5.73 Å². The molecular weight excluding hydrogens is 235 g/mol. The molecule has 1 aromatic carbocycles. The predicted octanol–water partition coefficient (Wildman–Crippen LogP) is 2.61. The summed E-state index contributed by atoms with van der Waals surface area (Å²) in [6.45, 7) is 5.86. The minimum Gasteiger partial charge on any atom is -0.367 e. The molecule has 2 rings (SSSR count). The van der Waals surface area contributed by atoms with E-state index in [1.807, 2.05) is 17.8 Å². The van der Waals surface area contributed by atoms with Crippen LogP contribution in [0.15, 0.2) is 18.2 Å². The first-order chi connectivity index (χ1) is 8.13. The lowest BCUT2D eigenvalue weighted by Gasteiger charge is -2.40. The molecule has 0 radical (unpaired) electrons. The Balaban J connectivity index is 2.32. The fraction of sp³-hybridized carbons (Fsp3) is 0.538. The van der Waals surface area contributed by atoms with E-state index in [-0.39, 0.29) is 5.82 Å². The maximum Gasteiger partial charge on any atom is 0.123 e. The van der Waals surface area contributed by atoms with E-state index < -0.39 is 0 Å². The van der Waals surface area contributed by atoms with Crippen LogP contribution in [-0.4, -0.2) is 23.6 Å². The van der Waals surface area contributed by atoms with Gasteiger partial charge in [0.25, 0.3) is 0 Å². The first-order valence-corrected chi connectivity index (χ1v) is 7.05. The molecule has 0 saturated carbocycles. The SMILES string of the molecule is CC1SCCN(c2ccc(F)cc2CN)C1C. The highest BCUT2D eigenvalue weighted by atomic mass is 32.2. The van der Waals surface area contributed by atoms with Crippen LogP contribution < -0.4 is 10.6 Å². The van der Waals surface area contributed by atoms with Gasteiger partial charge in [0.1, 0.15) is 5.82 Å². The first kappa shape index (κ1) is 12.7. The molecule has 4 heteroatoms. The molecule has 2 N–H and O–H groups in total. The second kappa shape index (κ2) is 5.27. The number of hydrogen-bond acceptors (Lipinski definition) is 3. The van der Waals surface area contributed by atoms with Crippen LogP contribution in [0, 0.1) is 5.82 Å². The van der Waals surface area contributed by atoms with Gasteiger partial charge in [-0.05, 0) is 30.7 Å². The summed E-state index contributed by atoms with van der Waals surface area (Å²) in [6.07, 6.45) is 0. The van der Waals surface area contributed by atoms with Gasteiger partial charge in [0, 0.05) is 35.8 Å². The second-order valence-electron chi connectivity index (χ2n) is 4.49. The smallest absolute Gasteiger partial charge is 0.123 e. The van der Waals surface area contributed by atoms with Gasteiger partial charge < -0.3 is 10.6 Å². The molecule has 1 aliphatic heterocycles. The molecule has 94 valence electrons. The number of benzene rings is 1. The normalized spacial score (nSPS) is 25.1. The van der Waals surface area contributed by atoms with Crippen LogP contribution in [0.5, 0.6) is 0 Å².